The van der Waals surface area contributed by atoms with E-state index >= 15 is 0 Å². The van der Waals surface area contributed by atoms with Gasteiger partial charge in [-0.2, -0.15) is 0 Å². The smallest absolute Gasteiger partial charge is 0.244 e. The molecule has 3 rings (SSSR count). The number of fused-ring (bicyclic) bond motifs is 1. The lowest BCUT2D eigenvalue weighted by Gasteiger charge is -2.12. The van der Waals surface area contributed by atoms with Crippen LogP contribution in [-0.2, 0) is 11.3 Å². The Labute approximate surface area is 134 Å². The van der Waals surface area contributed by atoms with Gasteiger partial charge in [-0.25, -0.2) is 9.37 Å². The molecule has 1 amide bonds. The molecule has 0 spiro atoms. The van der Waals surface area contributed by atoms with Gasteiger partial charge in [-0.15, -0.1) is 0 Å². The predicted octanol–water partition coefficient (Wildman–Crippen LogP) is 3.94. The van der Waals surface area contributed by atoms with E-state index in [4.69, 9.17) is 0 Å². The highest BCUT2D eigenvalue weighted by Gasteiger charge is 2.15. The third-order valence-electron chi connectivity index (χ3n) is 3.63. The number of hydrogen-bond acceptors (Lipinski definition) is 2. The summed E-state index contributed by atoms with van der Waals surface area (Å²) in [6.07, 6.45) is 0. The number of halogens is 1. The number of carbonyl (C=O) groups is 1. The van der Waals surface area contributed by atoms with Gasteiger partial charge in [0.05, 0.1) is 11.0 Å². The van der Waals surface area contributed by atoms with Crippen molar-refractivity contribution in [3.05, 3.63) is 60.2 Å². The second-order valence-corrected chi connectivity index (χ2v) is 5.75. The Hall–Kier alpha value is -2.69. The molecule has 0 saturated carbocycles. The quantitative estimate of drug-likeness (QED) is 0.793. The lowest BCUT2D eigenvalue weighted by atomic mass is 10.2. The first-order valence-corrected chi connectivity index (χ1v) is 7.55. The van der Waals surface area contributed by atoms with E-state index in [-0.39, 0.29) is 24.2 Å². The second-order valence-electron chi connectivity index (χ2n) is 5.75. The van der Waals surface area contributed by atoms with Crippen LogP contribution >= 0.6 is 0 Å². The van der Waals surface area contributed by atoms with Crippen molar-refractivity contribution >= 4 is 22.6 Å². The molecular formula is C18H18FN3O. The molecule has 2 aromatic carbocycles. The lowest BCUT2D eigenvalue weighted by molar-refractivity contribution is -0.116. The van der Waals surface area contributed by atoms with Crippen LogP contribution in [0.15, 0.2) is 48.5 Å². The summed E-state index contributed by atoms with van der Waals surface area (Å²) >= 11 is 0. The van der Waals surface area contributed by atoms with E-state index in [1.54, 1.807) is 12.1 Å². The van der Waals surface area contributed by atoms with E-state index in [1.807, 2.05) is 28.8 Å². The zero-order valence-electron chi connectivity index (χ0n) is 13.1. The molecule has 0 bridgehead atoms. The molecule has 23 heavy (non-hydrogen) atoms. The van der Waals surface area contributed by atoms with Crippen LogP contribution in [0.2, 0.25) is 0 Å². The zero-order chi connectivity index (χ0) is 16.4. The molecule has 0 unspecified atom stereocenters. The van der Waals surface area contributed by atoms with Gasteiger partial charge < -0.3 is 9.88 Å². The molecule has 0 radical (unpaired) electrons. The van der Waals surface area contributed by atoms with Gasteiger partial charge in [0, 0.05) is 11.6 Å². The molecule has 5 heteroatoms. The van der Waals surface area contributed by atoms with Crippen molar-refractivity contribution in [3.8, 4) is 0 Å². The lowest BCUT2D eigenvalue weighted by Crippen LogP contribution is -2.20. The Balaban J connectivity index is 1.86. The van der Waals surface area contributed by atoms with Gasteiger partial charge in [-0.05, 0) is 36.4 Å². The van der Waals surface area contributed by atoms with E-state index in [0.29, 0.717) is 5.69 Å². The third-order valence-corrected chi connectivity index (χ3v) is 3.63. The third kappa shape index (κ3) is 3.23. The minimum absolute atomic E-state index is 0.165. The summed E-state index contributed by atoms with van der Waals surface area (Å²) < 4.78 is 14.8. The maximum absolute atomic E-state index is 12.9. The van der Waals surface area contributed by atoms with E-state index < -0.39 is 0 Å². The molecular weight excluding hydrogens is 293 g/mol. The molecule has 4 nitrogen and oxygen atoms in total. The van der Waals surface area contributed by atoms with Crippen LogP contribution in [0, 0.1) is 5.82 Å². The molecule has 0 aliphatic rings. The first-order valence-electron chi connectivity index (χ1n) is 7.55. The first-order chi connectivity index (χ1) is 11.0. The number of aromatic nitrogens is 2. The normalized spacial score (nSPS) is 11.1. The maximum Gasteiger partial charge on any atom is 0.244 e. The van der Waals surface area contributed by atoms with Gasteiger partial charge in [-0.1, -0.05) is 26.0 Å². The summed E-state index contributed by atoms with van der Waals surface area (Å²) in [7, 11) is 0. The van der Waals surface area contributed by atoms with Crippen molar-refractivity contribution in [2.75, 3.05) is 5.32 Å². The Kier molecular flexibility index (Phi) is 4.10. The van der Waals surface area contributed by atoms with Gasteiger partial charge in [0.2, 0.25) is 5.91 Å². The van der Waals surface area contributed by atoms with Crippen molar-refractivity contribution in [2.45, 2.75) is 26.3 Å². The van der Waals surface area contributed by atoms with Crippen molar-refractivity contribution in [2.24, 2.45) is 0 Å². The first kappa shape index (κ1) is 15.2. The average Bonchev–Trinajstić information content (AvgIpc) is 2.89. The van der Waals surface area contributed by atoms with E-state index in [0.717, 1.165) is 16.9 Å². The SMILES string of the molecule is CC(C)c1nc2ccccc2n1CC(=O)Nc1ccc(F)cc1. The monoisotopic (exact) mass is 311 g/mol. The number of carbonyl (C=O) groups excluding carboxylic acids is 1. The summed E-state index contributed by atoms with van der Waals surface area (Å²) in [4.78, 5) is 16.9. The van der Waals surface area contributed by atoms with Crippen LogP contribution < -0.4 is 5.32 Å². The standard InChI is InChI=1S/C18H18FN3O/c1-12(2)18-21-15-5-3-4-6-16(15)22(18)11-17(23)20-14-9-7-13(19)8-10-14/h3-10,12H,11H2,1-2H3,(H,20,23). The fraction of sp³-hybridized carbons (Fsp3) is 0.222. The maximum atomic E-state index is 12.9. The number of para-hydroxylation sites is 2. The van der Waals surface area contributed by atoms with Crippen LogP contribution in [0.1, 0.15) is 25.6 Å². The molecule has 1 N–H and O–H groups in total. The van der Waals surface area contributed by atoms with Crippen molar-refractivity contribution in [1.29, 1.82) is 0 Å². The molecule has 0 saturated heterocycles. The van der Waals surface area contributed by atoms with Gasteiger partial charge in [0.1, 0.15) is 18.2 Å². The summed E-state index contributed by atoms with van der Waals surface area (Å²) in [6.45, 7) is 4.27. The highest BCUT2D eigenvalue weighted by Crippen LogP contribution is 2.21. The van der Waals surface area contributed by atoms with E-state index in [2.05, 4.69) is 24.1 Å². The molecule has 1 heterocycles. The summed E-state index contributed by atoms with van der Waals surface area (Å²) in [5.41, 5.74) is 2.39. The minimum Gasteiger partial charge on any atom is -0.325 e. The predicted molar refractivity (Wildman–Crippen MR) is 88.9 cm³/mol. The van der Waals surface area contributed by atoms with Crippen LogP contribution in [0.4, 0.5) is 10.1 Å². The summed E-state index contributed by atoms with van der Waals surface area (Å²) in [5.74, 6) is 0.592. The van der Waals surface area contributed by atoms with Crippen molar-refractivity contribution in [1.82, 2.24) is 9.55 Å². The second kappa shape index (κ2) is 6.20. The van der Waals surface area contributed by atoms with Crippen molar-refractivity contribution in [3.63, 3.8) is 0 Å². The fourth-order valence-electron chi connectivity index (χ4n) is 2.58. The zero-order valence-corrected chi connectivity index (χ0v) is 13.1. The molecule has 118 valence electrons. The molecule has 3 aromatic rings. The Bertz CT molecular complexity index is 837. The van der Waals surface area contributed by atoms with Crippen LogP contribution in [-0.4, -0.2) is 15.5 Å². The number of hydrogen-bond donors (Lipinski definition) is 1. The number of nitrogens with one attached hydrogen (secondary N) is 1. The number of imidazole rings is 1. The van der Waals surface area contributed by atoms with Gasteiger partial charge in [0.25, 0.3) is 0 Å². The summed E-state index contributed by atoms with van der Waals surface area (Å²) in [5, 5.41) is 2.78. The average molecular weight is 311 g/mol. The van der Waals surface area contributed by atoms with Gasteiger partial charge in [0.15, 0.2) is 0 Å². The van der Waals surface area contributed by atoms with Crippen molar-refractivity contribution < 1.29 is 9.18 Å². The van der Waals surface area contributed by atoms with E-state index in [9.17, 15) is 9.18 Å². The van der Waals surface area contributed by atoms with Crippen LogP contribution in [0.3, 0.4) is 0 Å². The minimum atomic E-state index is -0.328. The number of nitrogens with zero attached hydrogens (tertiary/aromatic N) is 2. The molecule has 0 atom stereocenters. The van der Waals surface area contributed by atoms with Crippen LogP contribution in [0.5, 0.6) is 0 Å². The largest absolute Gasteiger partial charge is 0.325 e. The van der Waals surface area contributed by atoms with E-state index in [1.165, 1.54) is 12.1 Å². The summed E-state index contributed by atoms with van der Waals surface area (Å²) in [6, 6.07) is 13.5. The molecule has 1 aromatic heterocycles. The molecule has 0 aliphatic heterocycles. The number of anilines is 1. The van der Waals surface area contributed by atoms with Crippen LogP contribution in [0.25, 0.3) is 11.0 Å². The highest BCUT2D eigenvalue weighted by molar-refractivity contribution is 5.91. The fourth-order valence-corrected chi connectivity index (χ4v) is 2.58. The highest BCUT2D eigenvalue weighted by atomic mass is 19.1. The van der Waals surface area contributed by atoms with Gasteiger partial charge >= 0.3 is 0 Å². The Morgan fingerprint density at radius 1 is 1.17 bits per heavy atom. The molecule has 0 aliphatic carbocycles. The topological polar surface area (TPSA) is 46.9 Å². The number of rotatable bonds is 4. The Morgan fingerprint density at radius 3 is 2.57 bits per heavy atom. The number of amides is 1. The van der Waals surface area contributed by atoms with Gasteiger partial charge in [-0.3, -0.25) is 4.79 Å². The Morgan fingerprint density at radius 2 is 1.87 bits per heavy atom. The molecule has 0 fully saturated rings. The number of benzene rings is 2.